The monoisotopic (exact) mass is 531 g/mol. The summed E-state index contributed by atoms with van der Waals surface area (Å²) in [5.74, 6) is 1.17. The third kappa shape index (κ3) is 4.86. The van der Waals surface area contributed by atoms with E-state index in [9.17, 15) is 0 Å². The molecular weight excluding hydrogens is 497 g/mol. The number of nitrogens with zero attached hydrogens (tertiary/aromatic N) is 4. The lowest BCUT2D eigenvalue weighted by Crippen LogP contribution is -2.51. The van der Waals surface area contributed by atoms with E-state index in [0.29, 0.717) is 39.4 Å². The predicted octanol–water partition coefficient (Wildman–Crippen LogP) is 6.46. The molecule has 2 fully saturated rings. The van der Waals surface area contributed by atoms with E-state index in [-0.39, 0.29) is 5.82 Å². The Morgan fingerprint density at radius 1 is 1.03 bits per heavy atom. The molecule has 38 heavy (non-hydrogen) atoms. The number of anilines is 1. The first-order valence-corrected chi connectivity index (χ1v) is 14.3. The number of aromatic nitrogens is 2. The summed E-state index contributed by atoms with van der Waals surface area (Å²) in [5.41, 5.74) is 1.57. The van der Waals surface area contributed by atoms with Crippen molar-refractivity contribution in [1.29, 1.82) is 0 Å². The zero-order valence-electron chi connectivity index (χ0n) is 22.2. The zero-order chi connectivity index (χ0) is 26.2. The second-order valence-electron chi connectivity index (χ2n) is 10.8. The van der Waals surface area contributed by atoms with Crippen LogP contribution in [0.4, 0.5) is 10.2 Å². The number of aryl methyl sites for hydroxylation is 1. The average Bonchev–Trinajstić information content (AvgIpc) is 3.28. The standard InChI is InChI=1S/C31H35ClFN5/c1-3-37(2)16-7-6-13-27-35-30-25(31(36-27)38-18-21-14-15-22(19-38)34-21)17-26(32)28(29(30)33)24-12-8-10-20-9-4-5-11-23(20)24/h4-5,8-12,17,21-22,34H,3,6-7,13-16,18-19H2,1-2H3. The molecule has 198 valence electrons. The Kier molecular flexibility index (Phi) is 7.21. The molecule has 3 heterocycles. The number of piperazine rings is 1. The van der Waals surface area contributed by atoms with Gasteiger partial charge in [-0.15, -0.1) is 0 Å². The Morgan fingerprint density at radius 2 is 1.79 bits per heavy atom. The molecule has 2 aliphatic heterocycles. The first-order chi connectivity index (χ1) is 18.5. The first kappa shape index (κ1) is 25.5. The predicted molar refractivity (Wildman–Crippen MR) is 156 cm³/mol. The van der Waals surface area contributed by atoms with Crippen LogP contribution in [-0.4, -0.2) is 60.2 Å². The highest BCUT2D eigenvalue weighted by atomic mass is 35.5. The van der Waals surface area contributed by atoms with E-state index in [1.54, 1.807) is 0 Å². The fourth-order valence-electron chi connectivity index (χ4n) is 6.06. The van der Waals surface area contributed by atoms with Gasteiger partial charge in [-0.1, -0.05) is 61.0 Å². The highest BCUT2D eigenvalue weighted by molar-refractivity contribution is 6.35. The van der Waals surface area contributed by atoms with Gasteiger partial charge in [0.1, 0.15) is 17.2 Å². The van der Waals surface area contributed by atoms with Gasteiger partial charge in [0.15, 0.2) is 5.82 Å². The molecule has 2 saturated heterocycles. The van der Waals surface area contributed by atoms with Crippen LogP contribution < -0.4 is 10.2 Å². The zero-order valence-corrected chi connectivity index (χ0v) is 22.9. The van der Waals surface area contributed by atoms with Crippen molar-refractivity contribution >= 4 is 39.1 Å². The molecule has 0 aliphatic carbocycles. The summed E-state index contributed by atoms with van der Waals surface area (Å²) in [6, 6.07) is 16.8. The van der Waals surface area contributed by atoms with Gasteiger partial charge in [0.05, 0.1) is 5.02 Å². The third-order valence-corrected chi connectivity index (χ3v) is 8.51. The molecule has 5 nitrogen and oxygen atoms in total. The molecule has 2 bridgehead atoms. The minimum atomic E-state index is -0.363. The molecule has 0 amide bonds. The molecule has 0 radical (unpaired) electrons. The number of hydrogen-bond acceptors (Lipinski definition) is 5. The van der Waals surface area contributed by atoms with Crippen LogP contribution in [0.1, 0.15) is 38.4 Å². The summed E-state index contributed by atoms with van der Waals surface area (Å²) in [7, 11) is 2.14. The van der Waals surface area contributed by atoms with Gasteiger partial charge < -0.3 is 15.1 Å². The largest absolute Gasteiger partial charge is 0.353 e. The van der Waals surface area contributed by atoms with Crippen molar-refractivity contribution in [1.82, 2.24) is 20.2 Å². The van der Waals surface area contributed by atoms with Gasteiger partial charge in [-0.05, 0) is 68.2 Å². The molecular formula is C31H35ClFN5. The number of halogens is 2. The normalized spacial score (nSPS) is 19.2. The molecule has 4 aromatic rings. The molecule has 3 aromatic carbocycles. The summed E-state index contributed by atoms with van der Waals surface area (Å²) in [5, 5.41) is 6.81. The minimum absolute atomic E-state index is 0.363. The topological polar surface area (TPSA) is 44.3 Å². The van der Waals surface area contributed by atoms with Crippen molar-refractivity contribution in [2.24, 2.45) is 0 Å². The second-order valence-corrected chi connectivity index (χ2v) is 11.2. The summed E-state index contributed by atoms with van der Waals surface area (Å²) in [4.78, 5) is 14.5. The highest BCUT2D eigenvalue weighted by Crippen LogP contribution is 2.41. The Labute approximate surface area is 229 Å². The maximum atomic E-state index is 16.6. The maximum absolute atomic E-state index is 16.6. The fourth-order valence-corrected chi connectivity index (χ4v) is 6.35. The van der Waals surface area contributed by atoms with Crippen LogP contribution in [0.5, 0.6) is 0 Å². The molecule has 2 unspecified atom stereocenters. The minimum Gasteiger partial charge on any atom is -0.353 e. The molecule has 7 heteroatoms. The van der Waals surface area contributed by atoms with Crippen molar-refractivity contribution < 1.29 is 4.39 Å². The van der Waals surface area contributed by atoms with E-state index >= 15 is 4.39 Å². The lowest BCUT2D eigenvalue weighted by molar-refractivity contribution is 0.343. The highest BCUT2D eigenvalue weighted by Gasteiger charge is 2.34. The number of fused-ring (bicyclic) bond motifs is 4. The third-order valence-electron chi connectivity index (χ3n) is 8.21. The quantitative estimate of drug-likeness (QED) is 0.264. The fraction of sp³-hybridized carbons (Fsp3) is 0.419. The van der Waals surface area contributed by atoms with E-state index in [0.717, 1.165) is 67.6 Å². The van der Waals surface area contributed by atoms with Gasteiger partial charge in [0.2, 0.25) is 0 Å². The molecule has 2 aliphatic rings. The van der Waals surface area contributed by atoms with Gasteiger partial charge in [-0.25, -0.2) is 14.4 Å². The number of hydrogen-bond donors (Lipinski definition) is 1. The van der Waals surface area contributed by atoms with Crippen LogP contribution in [-0.2, 0) is 6.42 Å². The lowest BCUT2D eigenvalue weighted by Gasteiger charge is -2.34. The van der Waals surface area contributed by atoms with Crippen LogP contribution in [0.25, 0.3) is 32.8 Å². The van der Waals surface area contributed by atoms with Crippen molar-refractivity contribution in [2.45, 2.75) is 51.1 Å². The summed E-state index contributed by atoms with van der Waals surface area (Å²) in [6.45, 7) is 5.97. The second kappa shape index (κ2) is 10.8. The first-order valence-electron chi connectivity index (χ1n) is 13.9. The van der Waals surface area contributed by atoms with E-state index in [1.807, 2.05) is 48.5 Å². The van der Waals surface area contributed by atoms with E-state index < -0.39 is 0 Å². The lowest BCUT2D eigenvalue weighted by atomic mass is 9.96. The molecule has 1 aromatic heterocycles. The van der Waals surface area contributed by atoms with Crippen molar-refractivity contribution in [3.05, 3.63) is 65.2 Å². The van der Waals surface area contributed by atoms with Gasteiger partial charge >= 0.3 is 0 Å². The summed E-state index contributed by atoms with van der Waals surface area (Å²) < 4.78 is 16.6. The number of rotatable bonds is 8. The van der Waals surface area contributed by atoms with Crippen LogP contribution in [0.2, 0.25) is 5.02 Å². The van der Waals surface area contributed by atoms with Gasteiger partial charge in [-0.3, -0.25) is 0 Å². The SMILES string of the molecule is CCN(C)CCCCc1nc(N2CC3CCC(C2)N3)c2cc(Cl)c(-c3cccc4ccccc34)c(F)c2n1. The van der Waals surface area contributed by atoms with Crippen LogP contribution in [0.15, 0.2) is 48.5 Å². The smallest absolute Gasteiger partial charge is 0.158 e. The van der Waals surface area contributed by atoms with Gasteiger partial charge in [0, 0.05) is 42.5 Å². The Hall–Kier alpha value is -2.80. The number of unbranched alkanes of at least 4 members (excludes halogenated alkanes) is 1. The van der Waals surface area contributed by atoms with Crippen LogP contribution in [0, 0.1) is 5.82 Å². The molecule has 0 saturated carbocycles. The number of nitrogens with one attached hydrogen (secondary N) is 1. The average molecular weight is 532 g/mol. The van der Waals surface area contributed by atoms with Crippen LogP contribution in [0.3, 0.4) is 0 Å². The van der Waals surface area contributed by atoms with E-state index in [1.165, 1.54) is 12.8 Å². The number of benzene rings is 3. The summed E-state index contributed by atoms with van der Waals surface area (Å²) >= 11 is 6.88. The van der Waals surface area contributed by atoms with E-state index in [2.05, 4.69) is 29.1 Å². The molecule has 2 atom stereocenters. The summed E-state index contributed by atoms with van der Waals surface area (Å²) in [6.07, 6.45) is 5.09. The molecule has 1 N–H and O–H groups in total. The molecule has 6 rings (SSSR count). The van der Waals surface area contributed by atoms with Crippen LogP contribution >= 0.6 is 11.6 Å². The molecule has 0 spiro atoms. The Bertz CT molecular complexity index is 1460. The Morgan fingerprint density at radius 3 is 2.58 bits per heavy atom. The van der Waals surface area contributed by atoms with Crippen molar-refractivity contribution in [2.75, 3.05) is 38.1 Å². The Balaban J connectivity index is 1.46. The van der Waals surface area contributed by atoms with Crippen molar-refractivity contribution in [3.63, 3.8) is 0 Å². The van der Waals surface area contributed by atoms with E-state index in [4.69, 9.17) is 21.6 Å². The maximum Gasteiger partial charge on any atom is 0.158 e. The van der Waals surface area contributed by atoms with Gasteiger partial charge in [-0.2, -0.15) is 0 Å². The van der Waals surface area contributed by atoms with Gasteiger partial charge in [0.25, 0.3) is 0 Å². The van der Waals surface area contributed by atoms with Crippen molar-refractivity contribution in [3.8, 4) is 11.1 Å².